The molecule has 1 aliphatic rings. The number of ether oxygens (including phenoxy) is 1. The lowest BCUT2D eigenvalue weighted by molar-refractivity contribution is 0.0241. The third-order valence-electron chi connectivity index (χ3n) is 3.98. The highest BCUT2D eigenvalue weighted by molar-refractivity contribution is 5.92. The number of amides is 1. The number of carbonyl (C=O) groups is 1. The minimum absolute atomic E-state index is 0.244. The van der Waals surface area contributed by atoms with E-state index >= 15 is 0 Å². The number of para-hydroxylation sites is 1. The van der Waals surface area contributed by atoms with Crippen LogP contribution in [0.25, 0.3) is 10.9 Å². The molecule has 0 spiro atoms. The predicted molar refractivity (Wildman–Crippen MR) is 96.2 cm³/mol. The smallest absolute Gasteiger partial charge is 0.410 e. The second kappa shape index (κ2) is 6.19. The number of piperazine rings is 1. The topological polar surface area (TPSA) is 71.7 Å². The number of anilines is 2. The van der Waals surface area contributed by atoms with Crippen molar-refractivity contribution in [2.45, 2.75) is 26.4 Å². The molecule has 6 heteroatoms. The van der Waals surface area contributed by atoms with Gasteiger partial charge in [-0.1, -0.05) is 12.1 Å². The Labute approximate surface area is 142 Å². The standard InChI is InChI=1S/C18H24N4O2/c1-18(2,3)24-17(23)22-9-7-21(8-10-22)15-6-4-5-13-11-14(19)12-20-16(13)15/h4-6,11-12H,7-10,19H2,1-3H3. The lowest BCUT2D eigenvalue weighted by atomic mass is 10.1. The van der Waals surface area contributed by atoms with Gasteiger partial charge in [0.1, 0.15) is 5.60 Å². The Bertz CT molecular complexity index is 746. The van der Waals surface area contributed by atoms with Crippen LogP contribution in [0.2, 0.25) is 0 Å². The summed E-state index contributed by atoms with van der Waals surface area (Å²) in [4.78, 5) is 20.7. The number of nitrogen functional groups attached to an aromatic ring is 1. The Balaban J connectivity index is 1.72. The minimum Gasteiger partial charge on any atom is -0.444 e. The van der Waals surface area contributed by atoms with Crippen molar-refractivity contribution in [3.05, 3.63) is 30.5 Å². The number of aromatic nitrogens is 1. The molecule has 1 saturated heterocycles. The average molecular weight is 328 g/mol. The van der Waals surface area contributed by atoms with E-state index in [9.17, 15) is 4.79 Å². The molecule has 3 rings (SSSR count). The summed E-state index contributed by atoms with van der Waals surface area (Å²) in [7, 11) is 0. The number of hydrogen-bond donors (Lipinski definition) is 1. The molecule has 2 N–H and O–H groups in total. The van der Waals surface area contributed by atoms with E-state index in [0.717, 1.165) is 29.7 Å². The van der Waals surface area contributed by atoms with Crippen LogP contribution in [0.15, 0.2) is 30.5 Å². The molecule has 24 heavy (non-hydrogen) atoms. The normalized spacial score (nSPS) is 15.6. The monoisotopic (exact) mass is 328 g/mol. The summed E-state index contributed by atoms with van der Waals surface area (Å²) >= 11 is 0. The summed E-state index contributed by atoms with van der Waals surface area (Å²) in [6, 6.07) is 8.02. The second-order valence-electron chi connectivity index (χ2n) is 7.07. The number of nitrogens with two attached hydrogens (primary N) is 1. The zero-order valence-electron chi connectivity index (χ0n) is 14.5. The van der Waals surface area contributed by atoms with E-state index in [2.05, 4.69) is 16.0 Å². The lowest BCUT2D eigenvalue weighted by Gasteiger charge is -2.37. The number of benzene rings is 1. The van der Waals surface area contributed by atoms with E-state index in [-0.39, 0.29) is 6.09 Å². The number of fused-ring (bicyclic) bond motifs is 1. The maximum Gasteiger partial charge on any atom is 0.410 e. The molecule has 2 heterocycles. The van der Waals surface area contributed by atoms with E-state index < -0.39 is 5.60 Å². The first-order chi connectivity index (χ1) is 11.3. The maximum absolute atomic E-state index is 12.2. The molecule has 2 aromatic rings. The molecular weight excluding hydrogens is 304 g/mol. The van der Waals surface area contributed by atoms with Crippen LogP contribution in [0.1, 0.15) is 20.8 Å². The van der Waals surface area contributed by atoms with Gasteiger partial charge in [-0.15, -0.1) is 0 Å². The van der Waals surface area contributed by atoms with Crippen molar-refractivity contribution < 1.29 is 9.53 Å². The predicted octanol–water partition coefficient (Wildman–Crippen LogP) is 2.87. The highest BCUT2D eigenvalue weighted by atomic mass is 16.6. The summed E-state index contributed by atoms with van der Waals surface area (Å²) in [5.74, 6) is 0. The van der Waals surface area contributed by atoms with Crippen molar-refractivity contribution in [2.75, 3.05) is 36.8 Å². The fourth-order valence-corrected chi connectivity index (χ4v) is 2.87. The fourth-order valence-electron chi connectivity index (χ4n) is 2.87. The van der Waals surface area contributed by atoms with Crippen LogP contribution in [0, 0.1) is 0 Å². The van der Waals surface area contributed by atoms with E-state index in [1.165, 1.54) is 0 Å². The van der Waals surface area contributed by atoms with Gasteiger partial charge in [-0.2, -0.15) is 0 Å². The first-order valence-electron chi connectivity index (χ1n) is 8.21. The van der Waals surface area contributed by atoms with Gasteiger partial charge < -0.3 is 20.3 Å². The van der Waals surface area contributed by atoms with E-state index in [1.807, 2.05) is 39.0 Å². The summed E-state index contributed by atoms with van der Waals surface area (Å²) in [5, 5.41) is 1.03. The van der Waals surface area contributed by atoms with Crippen molar-refractivity contribution in [2.24, 2.45) is 0 Å². The van der Waals surface area contributed by atoms with Gasteiger partial charge in [-0.25, -0.2) is 4.79 Å². The zero-order chi connectivity index (χ0) is 17.3. The van der Waals surface area contributed by atoms with Gasteiger partial charge in [-0.05, 0) is 32.9 Å². The van der Waals surface area contributed by atoms with Crippen LogP contribution < -0.4 is 10.6 Å². The molecular formula is C18H24N4O2. The minimum atomic E-state index is -0.465. The highest BCUT2D eigenvalue weighted by Gasteiger charge is 2.26. The highest BCUT2D eigenvalue weighted by Crippen LogP contribution is 2.27. The summed E-state index contributed by atoms with van der Waals surface area (Å²) < 4.78 is 5.44. The number of nitrogens with zero attached hydrogens (tertiary/aromatic N) is 3. The Kier molecular flexibility index (Phi) is 4.22. The SMILES string of the molecule is CC(C)(C)OC(=O)N1CCN(c2cccc3cc(N)cnc23)CC1. The van der Waals surface area contributed by atoms with Crippen molar-refractivity contribution in [1.82, 2.24) is 9.88 Å². The van der Waals surface area contributed by atoms with Crippen molar-refractivity contribution in [1.29, 1.82) is 0 Å². The van der Waals surface area contributed by atoms with Crippen LogP contribution in [0.4, 0.5) is 16.2 Å². The lowest BCUT2D eigenvalue weighted by Crippen LogP contribution is -2.50. The maximum atomic E-state index is 12.2. The van der Waals surface area contributed by atoms with Crippen LogP contribution in [-0.2, 0) is 4.74 Å². The number of rotatable bonds is 1. The fraction of sp³-hybridized carbons (Fsp3) is 0.444. The molecule has 128 valence electrons. The van der Waals surface area contributed by atoms with E-state index in [4.69, 9.17) is 10.5 Å². The molecule has 6 nitrogen and oxygen atoms in total. The average Bonchev–Trinajstić information content (AvgIpc) is 2.52. The molecule has 0 unspecified atom stereocenters. The summed E-state index contributed by atoms with van der Waals surface area (Å²) in [5.41, 5.74) is 8.04. The number of hydrogen-bond acceptors (Lipinski definition) is 5. The Morgan fingerprint density at radius 2 is 1.92 bits per heavy atom. The molecule has 0 radical (unpaired) electrons. The first-order valence-corrected chi connectivity index (χ1v) is 8.21. The van der Waals surface area contributed by atoms with E-state index in [0.29, 0.717) is 18.8 Å². The van der Waals surface area contributed by atoms with Crippen LogP contribution in [0.3, 0.4) is 0 Å². The van der Waals surface area contributed by atoms with Gasteiger partial charge >= 0.3 is 6.09 Å². The van der Waals surface area contributed by atoms with Crippen LogP contribution in [-0.4, -0.2) is 47.8 Å². The quantitative estimate of drug-likeness (QED) is 0.871. The molecule has 1 aliphatic heterocycles. The number of pyridine rings is 1. The largest absolute Gasteiger partial charge is 0.444 e. The summed E-state index contributed by atoms with van der Waals surface area (Å²) in [6.07, 6.45) is 1.44. The molecule has 1 aromatic heterocycles. The van der Waals surface area contributed by atoms with Gasteiger partial charge in [0.05, 0.1) is 23.1 Å². The number of carbonyl (C=O) groups excluding carboxylic acids is 1. The van der Waals surface area contributed by atoms with E-state index in [1.54, 1.807) is 11.1 Å². The molecule has 0 aliphatic carbocycles. The Morgan fingerprint density at radius 1 is 1.21 bits per heavy atom. The third-order valence-corrected chi connectivity index (χ3v) is 3.98. The molecule has 0 bridgehead atoms. The Morgan fingerprint density at radius 3 is 2.58 bits per heavy atom. The van der Waals surface area contributed by atoms with Crippen molar-refractivity contribution >= 4 is 28.4 Å². The molecule has 1 aromatic carbocycles. The first kappa shape index (κ1) is 16.4. The molecule has 0 atom stereocenters. The Hall–Kier alpha value is -2.50. The zero-order valence-corrected chi connectivity index (χ0v) is 14.5. The van der Waals surface area contributed by atoms with Gasteiger partial charge in [0.25, 0.3) is 0 Å². The van der Waals surface area contributed by atoms with Gasteiger partial charge in [0.15, 0.2) is 0 Å². The van der Waals surface area contributed by atoms with Crippen molar-refractivity contribution in [3.63, 3.8) is 0 Å². The molecule has 1 amide bonds. The summed E-state index contributed by atoms with van der Waals surface area (Å²) in [6.45, 7) is 8.44. The van der Waals surface area contributed by atoms with Gasteiger partial charge in [0, 0.05) is 31.6 Å². The second-order valence-corrected chi connectivity index (χ2v) is 7.07. The van der Waals surface area contributed by atoms with Crippen LogP contribution in [0.5, 0.6) is 0 Å². The van der Waals surface area contributed by atoms with Gasteiger partial charge in [0.2, 0.25) is 0 Å². The van der Waals surface area contributed by atoms with Crippen molar-refractivity contribution in [3.8, 4) is 0 Å². The third kappa shape index (κ3) is 3.53. The van der Waals surface area contributed by atoms with Gasteiger partial charge in [-0.3, -0.25) is 4.98 Å². The van der Waals surface area contributed by atoms with Crippen LogP contribution >= 0.6 is 0 Å². The molecule has 1 fully saturated rings. The molecule has 0 saturated carbocycles.